The fourth-order valence-corrected chi connectivity index (χ4v) is 3.09. The molecule has 0 spiro atoms. The number of methoxy groups -OCH3 is 1. The van der Waals surface area contributed by atoms with Gasteiger partial charge in [0, 0.05) is 31.7 Å². The first kappa shape index (κ1) is 19.5. The number of ether oxygens (including phenoxy) is 1. The predicted molar refractivity (Wildman–Crippen MR) is 101 cm³/mol. The summed E-state index contributed by atoms with van der Waals surface area (Å²) in [4.78, 5) is 7.09. The Bertz CT molecular complexity index is 591. The molecule has 25 heavy (non-hydrogen) atoms. The van der Waals surface area contributed by atoms with E-state index in [0.717, 1.165) is 31.2 Å². The number of nitrogens with one attached hydrogen (secondary N) is 2. The van der Waals surface area contributed by atoms with Crippen LogP contribution in [0.5, 0.6) is 5.75 Å². The van der Waals surface area contributed by atoms with E-state index in [1.54, 1.807) is 6.07 Å². The third-order valence-corrected chi connectivity index (χ3v) is 4.67. The molecule has 1 heterocycles. The SMILES string of the molecule is CCNC(=NCc1ccc(OC)c(F)c1)NC1CN(C(C)C)CC1C. The van der Waals surface area contributed by atoms with E-state index in [9.17, 15) is 4.39 Å². The minimum atomic E-state index is -0.356. The number of nitrogens with zero attached hydrogens (tertiary/aromatic N) is 2. The van der Waals surface area contributed by atoms with Crippen LogP contribution in [0.2, 0.25) is 0 Å². The number of guanidine groups is 1. The molecule has 1 aromatic carbocycles. The lowest BCUT2D eigenvalue weighted by Gasteiger charge is -2.22. The van der Waals surface area contributed by atoms with Crippen molar-refractivity contribution in [2.75, 3.05) is 26.7 Å². The first-order chi connectivity index (χ1) is 11.9. The second-order valence-corrected chi connectivity index (χ2v) is 6.94. The van der Waals surface area contributed by atoms with Crippen molar-refractivity contribution in [1.29, 1.82) is 0 Å². The van der Waals surface area contributed by atoms with Gasteiger partial charge in [0.25, 0.3) is 0 Å². The highest BCUT2D eigenvalue weighted by Gasteiger charge is 2.31. The molecule has 1 aliphatic heterocycles. The molecule has 140 valence electrons. The van der Waals surface area contributed by atoms with Crippen LogP contribution in [0.3, 0.4) is 0 Å². The number of aliphatic imine (C=N–C) groups is 1. The Morgan fingerprint density at radius 3 is 2.72 bits per heavy atom. The van der Waals surface area contributed by atoms with Gasteiger partial charge < -0.3 is 15.4 Å². The Kier molecular flexibility index (Phi) is 7.05. The first-order valence-electron chi connectivity index (χ1n) is 9.05. The Labute approximate surface area is 150 Å². The van der Waals surface area contributed by atoms with Crippen molar-refractivity contribution in [1.82, 2.24) is 15.5 Å². The lowest BCUT2D eigenvalue weighted by Crippen LogP contribution is -2.46. The topological polar surface area (TPSA) is 48.9 Å². The van der Waals surface area contributed by atoms with Crippen LogP contribution in [0, 0.1) is 11.7 Å². The fourth-order valence-electron chi connectivity index (χ4n) is 3.09. The Morgan fingerprint density at radius 2 is 2.16 bits per heavy atom. The van der Waals surface area contributed by atoms with Gasteiger partial charge in [-0.05, 0) is 44.4 Å². The monoisotopic (exact) mass is 350 g/mol. The number of halogens is 1. The van der Waals surface area contributed by atoms with Gasteiger partial charge in [-0.15, -0.1) is 0 Å². The molecule has 0 aliphatic carbocycles. The van der Waals surface area contributed by atoms with E-state index < -0.39 is 0 Å². The number of hydrogen-bond acceptors (Lipinski definition) is 3. The van der Waals surface area contributed by atoms with E-state index in [2.05, 4.69) is 41.3 Å². The maximum absolute atomic E-state index is 13.8. The summed E-state index contributed by atoms with van der Waals surface area (Å²) in [7, 11) is 1.46. The Hall–Kier alpha value is -1.82. The van der Waals surface area contributed by atoms with Gasteiger partial charge >= 0.3 is 0 Å². The van der Waals surface area contributed by atoms with Crippen LogP contribution in [0.1, 0.15) is 33.3 Å². The number of likely N-dealkylation sites (tertiary alicyclic amines) is 1. The van der Waals surface area contributed by atoms with Gasteiger partial charge in [-0.3, -0.25) is 4.90 Å². The van der Waals surface area contributed by atoms with Crippen molar-refractivity contribution in [3.05, 3.63) is 29.6 Å². The number of rotatable bonds is 6. The van der Waals surface area contributed by atoms with Crippen molar-refractivity contribution in [3.63, 3.8) is 0 Å². The second-order valence-electron chi connectivity index (χ2n) is 6.94. The molecular weight excluding hydrogens is 319 g/mol. The van der Waals surface area contributed by atoms with Crippen LogP contribution in [0.25, 0.3) is 0 Å². The molecule has 0 saturated carbocycles. The van der Waals surface area contributed by atoms with Crippen molar-refractivity contribution in [2.24, 2.45) is 10.9 Å². The number of hydrogen-bond donors (Lipinski definition) is 2. The van der Waals surface area contributed by atoms with E-state index in [1.165, 1.54) is 13.2 Å². The molecule has 6 heteroatoms. The molecule has 2 atom stereocenters. The van der Waals surface area contributed by atoms with Crippen LogP contribution in [-0.4, -0.2) is 49.7 Å². The normalized spacial score (nSPS) is 21.6. The average molecular weight is 350 g/mol. The van der Waals surface area contributed by atoms with E-state index in [4.69, 9.17) is 4.74 Å². The highest BCUT2D eigenvalue weighted by atomic mass is 19.1. The largest absolute Gasteiger partial charge is 0.494 e. The average Bonchev–Trinajstić information content (AvgIpc) is 2.94. The molecule has 1 aliphatic rings. The molecule has 0 amide bonds. The second kappa shape index (κ2) is 9.04. The molecule has 0 radical (unpaired) electrons. The lowest BCUT2D eigenvalue weighted by molar-refractivity contribution is 0.265. The molecule has 0 aromatic heterocycles. The fraction of sp³-hybridized carbons (Fsp3) is 0.632. The summed E-state index contributed by atoms with van der Waals surface area (Å²) in [6.07, 6.45) is 0. The third-order valence-electron chi connectivity index (χ3n) is 4.67. The highest BCUT2D eigenvalue weighted by molar-refractivity contribution is 5.80. The Morgan fingerprint density at radius 1 is 1.40 bits per heavy atom. The van der Waals surface area contributed by atoms with Gasteiger partial charge in [0.15, 0.2) is 17.5 Å². The quantitative estimate of drug-likeness (QED) is 0.612. The van der Waals surface area contributed by atoms with E-state index in [-0.39, 0.29) is 11.6 Å². The maximum atomic E-state index is 13.8. The Balaban J connectivity index is 2.02. The molecule has 1 aromatic rings. The van der Waals surface area contributed by atoms with Crippen LogP contribution in [0.4, 0.5) is 4.39 Å². The van der Waals surface area contributed by atoms with Gasteiger partial charge in [-0.2, -0.15) is 0 Å². The summed E-state index contributed by atoms with van der Waals surface area (Å²) in [5.74, 6) is 1.24. The molecule has 1 fully saturated rings. The minimum Gasteiger partial charge on any atom is -0.494 e. The molecule has 5 nitrogen and oxygen atoms in total. The maximum Gasteiger partial charge on any atom is 0.191 e. The molecule has 2 unspecified atom stereocenters. The van der Waals surface area contributed by atoms with Gasteiger partial charge in [0.1, 0.15) is 0 Å². The standard InChI is InChI=1S/C19H31FN4O/c1-6-21-19(23-17-12-24(13(2)3)11-14(17)4)22-10-15-7-8-18(25-5)16(20)9-15/h7-9,13-14,17H,6,10-12H2,1-5H3,(H2,21,22,23). The molecule has 0 bridgehead atoms. The van der Waals surface area contributed by atoms with Gasteiger partial charge in [0.05, 0.1) is 13.7 Å². The van der Waals surface area contributed by atoms with Crippen molar-refractivity contribution in [2.45, 2.75) is 46.3 Å². The highest BCUT2D eigenvalue weighted by Crippen LogP contribution is 2.19. The van der Waals surface area contributed by atoms with Gasteiger partial charge in [0.2, 0.25) is 0 Å². The first-order valence-corrected chi connectivity index (χ1v) is 9.05. The summed E-state index contributed by atoms with van der Waals surface area (Å²) in [5.41, 5.74) is 0.818. The minimum absolute atomic E-state index is 0.256. The number of benzene rings is 1. The molecule has 1 saturated heterocycles. The summed E-state index contributed by atoms with van der Waals surface area (Å²) >= 11 is 0. The zero-order valence-corrected chi connectivity index (χ0v) is 16.0. The van der Waals surface area contributed by atoms with Crippen molar-refractivity contribution in [3.8, 4) is 5.75 Å². The van der Waals surface area contributed by atoms with Crippen LogP contribution >= 0.6 is 0 Å². The predicted octanol–water partition coefficient (Wildman–Crippen LogP) is 2.62. The summed E-state index contributed by atoms with van der Waals surface area (Å²) in [5, 5.41) is 6.82. The lowest BCUT2D eigenvalue weighted by atomic mass is 10.1. The van der Waals surface area contributed by atoms with Gasteiger partial charge in [-0.25, -0.2) is 9.38 Å². The van der Waals surface area contributed by atoms with Gasteiger partial charge in [-0.1, -0.05) is 13.0 Å². The third kappa shape index (κ3) is 5.33. The molecular formula is C19H31FN4O. The summed E-state index contributed by atoms with van der Waals surface area (Å²) in [6.45, 7) is 12.1. The summed E-state index contributed by atoms with van der Waals surface area (Å²) in [6, 6.07) is 5.88. The van der Waals surface area contributed by atoms with E-state index in [0.29, 0.717) is 24.5 Å². The zero-order chi connectivity index (χ0) is 18.4. The van der Waals surface area contributed by atoms with Crippen LogP contribution < -0.4 is 15.4 Å². The van der Waals surface area contributed by atoms with E-state index in [1.807, 2.05) is 13.0 Å². The van der Waals surface area contributed by atoms with Crippen LogP contribution in [0.15, 0.2) is 23.2 Å². The van der Waals surface area contributed by atoms with Crippen molar-refractivity contribution < 1.29 is 9.13 Å². The van der Waals surface area contributed by atoms with E-state index >= 15 is 0 Å². The summed E-state index contributed by atoms with van der Waals surface area (Å²) < 4.78 is 18.8. The van der Waals surface area contributed by atoms with Crippen molar-refractivity contribution >= 4 is 5.96 Å². The molecule has 2 rings (SSSR count). The van der Waals surface area contributed by atoms with Crippen LogP contribution in [-0.2, 0) is 6.54 Å². The molecule has 2 N–H and O–H groups in total. The smallest absolute Gasteiger partial charge is 0.191 e. The zero-order valence-electron chi connectivity index (χ0n) is 16.0.